The summed E-state index contributed by atoms with van der Waals surface area (Å²) >= 11 is 12.5. The number of halogens is 6. The van der Waals surface area contributed by atoms with Crippen LogP contribution in [0.2, 0.25) is 10.0 Å². The lowest BCUT2D eigenvalue weighted by Gasteiger charge is -2.06. The van der Waals surface area contributed by atoms with Gasteiger partial charge in [0, 0.05) is 12.6 Å². The Morgan fingerprint density at radius 3 is 2.51 bits per heavy atom. The van der Waals surface area contributed by atoms with Gasteiger partial charge in [-0.1, -0.05) is 29.3 Å². The number of nitrogens with one attached hydrogen (secondary N) is 2. The molecule has 35 heavy (non-hydrogen) atoms. The number of aromatic amines is 1. The van der Waals surface area contributed by atoms with E-state index in [0.717, 1.165) is 12.1 Å². The predicted molar refractivity (Wildman–Crippen MR) is 125 cm³/mol. The van der Waals surface area contributed by atoms with E-state index in [1.54, 1.807) is 7.05 Å². The summed E-state index contributed by atoms with van der Waals surface area (Å²) in [5.74, 6) is -1.02. The van der Waals surface area contributed by atoms with E-state index in [0.29, 0.717) is 11.0 Å². The fourth-order valence-electron chi connectivity index (χ4n) is 3.71. The molecule has 1 amide bonds. The summed E-state index contributed by atoms with van der Waals surface area (Å²) < 4.78 is 54.8. The third-order valence-electron chi connectivity index (χ3n) is 5.44. The largest absolute Gasteiger partial charge is 0.416 e. The normalized spacial score (nSPS) is 12.0. The molecule has 5 rings (SSSR count). The van der Waals surface area contributed by atoms with Crippen LogP contribution < -0.4 is 5.32 Å². The molecule has 2 heterocycles. The molecule has 0 aliphatic carbocycles. The van der Waals surface area contributed by atoms with Crippen molar-refractivity contribution in [3.8, 4) is 11.4 Å². The maximum absolute atomic E-state index is 14.3. The first-order chi connectivity index (χ1) is 16.5. The van der Waals surface area contributed by atoms with Crippen molar-refractivity contribution in [3.05, 3.63) is 75.5 Å². The van der Waals surface area contributed by atoms with Gasteiger partial charge in [0.05, 0.1) is 43.2 Å². The number of hydrogen-bond donors (Lipinski definition) is 2. The Kier molecular flexibility index (Phi) is 5.45. The van der Waals surface area contributed by atoms with Crippen LogP contribution in [-0.2, 0) is 13.2 Å². The number of amides is 1. The molecular weight excluding hydrogens is 509 g/mol. The molecule has 5 aromatic rings. The molecule has 0 aliphatic rings. The number of aromatic nitrogens is 4. The van der Waals surface area contributed by atoms with Gasteiger partial charge in [-0.05, 0) is 42.5 Å². The number of anilines is 1. The minimum absolute atomic E-state index is 0.0430. The number of imidazole rings is 2. The molecular formula is C23H13Cl2F4N5O. The number of rotatable bonds is 3. The van der Waals surface area contributed by atoms with E-state index < -0.39 is 23.5 Å². The number of H-pyrrole nitrogens is 1. The van der Waals surface area contributed by atoms with Crippen LogP contribution in [0.3, 0.4) is 0 Å². The van der Waals surface area contributed by atoms with Crippen molar-refractivity contribution in [1.29, 1.82) is 0 Å². The zero-order valence-corrected chi connectivity index (χ0v) is 19.1. The second-order valence-electron chi connectivity index (χ2n) is 7.68. The van der Waals surface area contributed by atoms with Crippen LogP contribution in [-0.4, -0.2) is 25.4 Å². The van der Waals surface area contributed by atoms with Gasteiger partial charge in [-0.15, -0.1) is 0 Å². The molecule has 0 fully saturated rings. The van der Waals surface area contributed by atoms with E-state index in [2.05, 4.69) is 20.3 Å². The smallest absolute Gasteiger partial charge is 0.337 e. The van der Waals surface area contributed by atoms with Gasteiger partial charge in [-0.2, -0.15) is 13.2 Å². The number of hydrogen-bond acceptors (Lipinski definition) is 3. The second kappa shape index (κ2) is 8.24. The maximum atomic E-state index is 14.3. The van der Waals surface area contributed by atoms with Crippen LogP contribution in [0, 0.1) is 5.82 Å². The Bertz CT molecular complexity index is 1620. The molecule has 2 N–H and O–H groups in total. The molecule has 0 aliphatic heterocycles. The van der Waals surface area contributed by atoms with E-state index in [1.807, 2.05) is 0 Å². The number of carbonyl (C=O) groups excluding carboxylic acids is 1. The lowest BCUT2D eigenvalue weighted by atomic mass is 10.2. The van der Waals surface area contributed by atoms with Gasteiger partial charge in [0.1, 0.15) is 11.6 Å². The molecule has 0 saturated heterocycles. The quantitative estimate of drug-likeness (QED) is 0.255. The van der Waals surface area contributed by atoms with E-state index in [9.17, 15) is 22.4 Å². The number of benzene rings is 3. The molecule has 0 radical (unpaired) electrons. The van der Waals surface area contributed by atoms with Gasteiger partial charge in [0.25, 0.3) is 5.91 Å². The summed E-state index contributed by atoms with van der Waals surface area (Å²) in [4.78, 5) is 24.3. The first-order valence-corrected chi connectivity index (χ1v) is 10.8. The minimum atomic E-state index is -4.52. The van der Waals surface area contributed by atoms with Gasteiger partial charge < -0.3 is 9.55 Å². The highest BCUT2D eigenvalue weighted by molar-refractivity contribution is 6.36. The molecule has 178 valence electrons. The number of alkyl halides is 3. The van der Waals surface area contributed by atoms with Crippen LogP contribution in [0.15, 0.2) is 48.5 Å². The topological polar surface area (TPSA) is 75.6 Å². The lowest BCUT2D eigenvalue weighted by Crippen LogP contribution is -2.15. The van der Waals surface area contributed by atoms with Gasteiger partial charge >= 0.3 is 6.18 Å². The van der Waals surface area contributed by atoms with Gasteiger partial charge in [-0.25, -0.2) is 14.4 Å². The Labute approximate surface area is 204 Å². The summed E-state index contributed by atoms with van der Waals surface area (Å²) in [6.07, 6.45) is -4.52. The standard InChI is InChI=1S/C23H13Cl2F4N5O/c1-34-17-6-5-11(23(27,28)29)9-15(17)31-22(34)33-21(35)10-7-13(25)19-16(8-10)30-20(32-19)18-12(24)3-2-4-14(18)26/h2-9H,1H3,(H,30,32)(H,31,33,35). The minimum Gasteiger partial charge on any atom is -0.337 e. The van der Waals surface area contributed by atoms with E-state index in [1.165, 1.54) is 41.0 Å². The van der Waals surface area contributed by atoms with Crippen LogP contribution in [0.4, 0.5) is 23.5 Å². The molecule has 6 nitrogen and oxygen atoms in total. The van der Waals surface area contributed by atoms with Crippen molar-refractivity contribution >= 4 is 57.1 Å². The SMILES string of the molecule is Cn1c(NC(=O)c2cc(Cl)c3[nH]c(-c4c(F)cccc4Cl)nc3c2)nc2cc(C(F)(F)F)ccc21. The zero-order valence-electron chi connectivity index (χ0n) is 17.6. The summed E-state index contributed by atoms with van der Waals surface area (Å²) in [6, 6.07) is 10.2. The lowest BCUT2D eigenvalue weighted by molar-refractivity contribution is -0.137. The molecule has 2 aromatic heterocycles. The summed E-state index contributed by atoms with van der Waals surface area (Å²) in [7, 11) is 1.56. The summed E-state index contributed by atoms with van der Waals surface area (Å²) in [5.41, 5.74) is 0.470. The number of aryl methyl sites for hydroxylation is 1. The van der Waals surface area contributed by atoms with Crippen LogP contribution in [0.5, 0.6) is 0 Å². The first-order valence-electron chi connectivity index (χ1n) is 10.0. The Balaban J connectivity index is 1.49. The maximum Gasteiger partial charge on any atom is 0.416 e. The van der Waals surface area contributed by atoms with Crippen LogP contribution >= 0.6 is 23.2 Å². The van der Waals surface area contributed by atoms with Crippen molar-refractivity contribution in [2.24, 2.45) is 7.05 Å². The number of fused-ring (bicyclic) bond motifs is 2. The van der Waals surface area contributed by atoms with Crippen LogP contribution in [0.25, 0.3) is 33.5 Å². The summed E-state index contributed by atoms with van der Waals surface area (Å²) in [6.45, 7) is 0. The average Bonchev–Trinajstić information content (AvgIpc) is 3.34. The zero-order chi connectivity index (χ0) is 25.1. The predicted octanol–water partition coefficient (Wildman–Crippen LogP) is 6.83. The fraction of sp³-hybridized carbons (Fsp3) is 0.0870. The van der Waals surface area contributed by atoms with Crippen molar-refractivity contribution in [1.82, 2.24) is 19.5 Å². The van der Waals surface area contributed by atoms with Crippen molar-refractivity contribution in [2.75, 3.05) is 5.32 Å². The molecule has 0 atom stereocenters. The van der Waals surface area contributed by atoms with Gasteiger partial charge in [-0.3, -0.25) is 10.1 Å². The highest BCUT2D eigenvalue weighted by Crippen LogP contribution is 2.34. The third-order valence-corrected chi connectivity index (χ3v) is 6.05. The molecule has 3 aromatic carbocycles. The second-order valence-corrected chi connectivity index (χ2v) is 8.50. The van der Waals surface area contributed by atoms with Crippen molar-refractivity contribution in [3.63, 3.8) is 0 Å². The highest BCUT2D eigenvalue weighted by Gasteiger charge is 2.31. The Hall–Kier alpha value is -3.63. The van der Waals surface area contributed by atoms with Crippen molar-refractivity contribution in [2.45, 2.75) is 6.18 Å². The molecule has 0 saturated carbocycles. The number of nitrogens with zero attached hydrogens (tertiary/aromatic N) is 3. The third kappa shape index (κ3) is 4.08. The van der Waals surface area contributed by atoms with E-state index in [-0.39, 0.29) is 44.0 Å². The Morgan fingerprint density at radius 2 is 1.80 bits per heavy atom. The highest BCUT2D eigenvalue weighted by atomic mass is 35.5. The van der Waals surface area contributed by atoms with Crippen LogP contribution in [0.1, 0.15) is 15.9 Å². The van der Waals surface area contributed by atoms with Gasteiger partial charge in [0.15, 0.2) is 0 Å². The molecule has 0 unspecified atom stereocenters. The first kappa shape index (κ1) is 23.1. The molecule has 12 heteroatoms. The van der Waals surface area contributed by atoms with Gasteiger partial charge in [0.2, 0.25) is 5.95 Å². The fourth-order valence-corrected chi connectivity index (χ4v) is 4.22. The Morgan fingerprint density at radius 1 is 1.03 bits per heavy atom. The van der Waals surface area contributed by atoms with E-state index in [4.69, 9.17) is 23.2 Å². The number of carbonyl (C=O) groups is 1. The average molecular weight is 522 g/mol. The van der Waals surface area contributed by atoms with Crippen molar-refractivity contribution < 1.29 is 22.4 Å². The summed E-state index contributed by atoms with van der Waals surface area (Å²) in [5, 5.41) is 2.88. The molecule has 0 bridgehead atoms. The monoisotopic (exact) mass is 521 g/mol. The van der Waals surface area contributed by atoms with E-state index >= 15 is 0 Å². The molecule has 0 spiro atoms.